The molecule has 1 aromatic carbocycles. The lowest BCUT2D eigenvalue weighted by molar-refractivity contribution is -0.134. The van der Waals surface area contributed by atoms with E-state index in [2.05, 4.69) is 10.6 Å². The molecule has 1 aliphatic carbocycles. The van der Waals surface area contributed by atoms with Crippen molar-refractivity contribution in [3.63, 3.8) is 0 Å². The van der Waals surface area contributed by atoms with Crippen LogP contribution in [-0.2, 0) is 11.3 Å². The number of benzene rings is 1. The number of hydrogen-bond donors (Lipinski definition) is 2. The Morgan fingerprint density at radius 3 is 2.95 bits per heavy atom. The lowest BCUT2D eigenvalue weighted by Gasteiger charge is -2.37. The summed E-state index contributed by atoms with van der Waals surface area (Å²) in [5, 5.41) is 6.43. The van der Waals surface area contributed by atoms with Crippen molar-refractivity contribution < 1.29 is 9.18 Å². The van der Waals surface area contributed by atoms with E-state index in [-0.39, 0.29) is 17.1 Å². The number of rotatable bonds is 3. The molecular weight excluding hydrogens is 255 g/mol. The van der Waals surface area contributed by atoms with Gasteiger partial charge in [-0.05, 0) is 43.0 Å². The Morgan fingerprint density at radius 2 is 2.15 bits per heavy atom. The van der Waals surface area contributed by atoms with Gasteiger partial charge in [-0.3, -0.25) is 4.79 Å². The highest BCUT2D eigenvalue weighted by atomic mass is 19.1. The number of fused-ring (bicyclic) bond motifs is 1. The van der Waals surface area contributed by atoms with Gasteiger partial charge in [0.25, 0.3) is 0 Å². The molecule has 3 rings (SSSR count). The van der Waals surface area contributed by atoms with E-state index in [9.17, 15) is 9.18 Å². The molecule has 1 saturated heterocycles. The van der Waals surface area contributed by atoms with E-state index in [4.69, 9.17) is 0 Å². The first-order valence-electron chi connectivity index (χ1n) is 7.44. The summed E-state index contributed by atoms with van der Waals surface area (Å²) >= 11 is 0. The Bertz CT molecular complexity index is 488. The molecule has 108 valence electrons. The zero-order chi connectivity index (χ0) is 14.0. The molecule has 0 bridgehead atoms. The third-order valence-electron chi connectivity index (χ3n) is 4.86. The van der Waals surface area contributed by atoms with E-state index in [0.29, 0.717) is 12.5 Å². The molecule has 1 aliphatic heterocycles. The number of nitrogens with one attached hydrogen (secondary N) is 2. The summed E-state index contributed by atoms with van der Waals surface area (Å²) in [5.41, 5.74) is 0.729. The van der Waals surface area contributed by atoms with Crippen molar-refractivity contribution in [2.45, 2.75) is 32.2 Å². The van der Waals surface area contributed by atoms with Gasteiger partial charge in [-0.25, -0.2) is 4.39 Å². The van der Waals surface area contributed by atoms with Crippen LogP contribution >= 0.6 is 0 Å². The zero-order valence-corrected chi connectivity index (χ0v) is 11.6. The second-order valence-corrected chi connectivity index (χ2v) is 6.04. The van der Waals surface area contributed by atoms with Crippen LogP contribution in [0.15, 0.2) is 24.3 Å². The van der Waals surface area contributed by atoms with E-state index in [1.165, 1.54) is 18.6 Å². The van der Waals surface area contributed by atoms with Crippen LogP contribution in [0.4, 0.5) is 4.39 Å². The maximum atomic E-state index is 12.9. The Labute approximate surface area is 118 Å². The van der Waals surface area contributed by atoms with Crippen molar-refractivity contribution in [1.29, 1.82) is 0 Å². The topological polar surface area (TPSA) is 41.1 Å². The molecule has 1 amide bonds. The summed E-state index contributed by atoms with van der Waals surface area (Å²) in [5.74, 6) is 0.395. The second kappa shape index (κ2) is 5.52. The second-order valence-electron chi connectivity index (χ2n) is 6.04. The monoisotopic (exact) mass is 276 g/mol. The molecule has 3 nitrogen and oxygen atoms in total. The SMILES string of the molecule is O=C(NCc1ccc(F)cc1)[C@@]12CCCC[C@H]1CNC2. The standard InChI is InChI=1S/C16H21FN2O/c17-14-6-4-12(5-7-14)9-19-15(20)16-8-2-1-3-13(16)10-18-11-16/h4-7,13,18H,1-3,8-11H2,(H,19,20)/t13-,16+/m0/s1. The van der Waals surface area contributed by atoms with E-state index >= 15 is 0 Å². The summed E-state index contributed by atoms with van der Waals surface area (Å²) in [4.78, 5) is 12.6. The summed E-state index contributed by atoms with van der Waals surface area (Å²) < 4.78 is 12.9. The molecule has 1 aromatic rings. The molecular formula is C16H21FN2O. The molecule has 0 radical (unpaired) electrons. The largest absolute Gasteiger partial charge is 0.351 e. The molecule has 2 N–H and O–H groups in total. The van der Waals surface area contributed by atoms with Crippen LogP contribution in [0.2, 0.25) is 0 Å². The van der Waals surface area contributed by atoms with Gasteiger partial charge in [-0.15, -0.1) is 0 Å². The Morgan fingerprint density at radius 1 is 1.35 bits per heavy atom. The molecule has 20 heavy (non-hydrogen) atoms. The number of carbonyl (C=O) groups is 1. The Balaban J connectivity index is 1.65. The van der Waals surface area contributed by atoms with Gasteiger partial charge >= 0.3 is 0 Å². The molecule has 2 aliphatic rings. The molecule has 0 aromatic heterocycles. The van der Waals surface area contributed by atoms with Crippen molar-refractivity contribution >= 4 is 5.91 Å². The van der Waals surface area contributed by atoms with Gasteiger partial charge in [-0.2, -0.15) is 0 Å². The van der Waals surface area contributed by atoms with Crippen LogP contribution < -0.4 is 10.6 Å². The Hall–Kier alpha value is -1.42. The predicted molar refractivity (Wildman–Crippen MR) is 75.5 cm³/mol. The van der Waals surface area contributed by atoms with Crippen LogP contribution in [0.3, 0.4) is 0 Å². The summed E-state index contributed by atoms with van der Waals surface area (Å²) in [6.45, 7) is 2.24. The van der Waals surface area contributed by atoms with Crippen molar-refractivity contribution in [2.75, 3.05) is 13.1 Å². The molecule has 2 atom stereocenters. The minimum absolute atomic E-state index is 0.163. The summed E-state index contributed by atoms with van der Waals surface area (Å²) in [6, 6.07) is 6.30. The van der Waals surface area contributed by atoms with Gasteiger partial charge in [-0.1, -0.05) is 25.0 Å². The van der Waals surface area contributed by atoms with Crippen molar-refractivity contribution in [3.05, 3.63) is 35.6 Å². The fourth-order valence-corrected chi connectivity index (χ4v) is 3.65. The van der Waals surface area contributed by atoms with Gasteiger partial charge < -0.3 is 10.6 Å². The van der Waals surface area contributed by atoms with E-state index < -0.39 is 0 Å². The third-order valence-corrected chi connectivity index (χ3v) is 4.86. The predicted octanol–water partition coefficient (Wildman–Crippen LogP) is 2.22. The molecule has 0 spiro atoms. The quantitative estimate of drug-likeness (QED) is 0.889. The van der Waals surface area contributed by atoms with Crippen LogP contribution in [-0.4, -0.2) is 19.0 Å². The molecule has 1 heterocycles. The van der Waals surface area contributed by atoms with Crippen molar-refractivity contribution in [3.8, 4) is 0 Å². The average Bonchev–Trinajstić information content (AvgIpc) is 2.91. The van der Waals surface area contributed by atoms with E-state index in [1.807, 2.05) is 0 Å². The van der Waals surface area contributed by atoms with Crippen molar-refractivity contribution in [1.82, 2.24) is 10.6 Å². The lowest BCUT2D eigenvalue weighted by Crippen LogP contribution is -2.47. The first kappa shape index (κ1) is 13.6. The van der Waals surface area contributed by atoms with Crippen molar-refractivity contribution in [2.24, 2.45) is 11.3 Å². The number of hydrogen-bond acceptors (Lipinski definition) is 2. The Kier molecular flexibility index (Phi) is 3.74. The highest BCUT2D eigenvalue weighted by Crippen LogP contribution is 2.43. The fourth-order valence-electron chi connectivity index (χ4n) is 3.65. The van der Waals surface area contributed by atoms with Gasteiger partial charge in [0, 0.05) is 13.1 Å². The maximum Gasteiger partial charge on any atom is 0.228 e. The minimum Gasteiger partial charge on any atom is -0.351 e. The first-order chi connectivity index (χ1) is 9.71. The average molecular weight is 276 g/mol. The fraction of sp³-hybridized carbons (Fsp3) is 0.562. The molecule has 4 heteroatoms. The van der Waals surface area contributed by atoms with E-state index in [0.717, 1.165) is 37.9 Å². The summed E-state index contributed by atoms with van der Waals surface area (Å²) in [6.07, 6.45) is 4.51. The van der Waals surface area contributed by atoms with Gasteiger partial charge in [0.05, 0.1) is 5.41 Å². The van der Waals surface area contributed by atoms with Gasteiger partial charge in [0.15, 0.2) is 0 Å². The normalized spacial score (nSPS) is 28.9. The molecule has 0 unspecified atom stereocenters. The maximum absolute atomic E-state index is 12.9. The molecule has 2 fully saturated rings. The van der Waals surface area contributed by atoms with Crippen LogP contribution in [0.1, 0.15) is 31.2 Å². The molecule has 1 saturated carbocycles. The number of carbonyl (C=O) groups excluding carboxylic acids is 1. The van der Waals surface area contributed by atoms with Crippen LogP contribution in [0, 0.1) is 17.2 Å². The third kappa shape index (κ3) is 2.44. The van der Waals surface area contributed by atoms with Crippen LogP contribution in [0.25, 0.3) is 0 Å². The number of amides is 1. The highest BCUT2D eigenvalue weighted by Gasteiger charge is 2.49. The highest BCUT2D eigenvalue weighted by molar-refractivity contribution is 5.83. The first-order valence-corrected chi connectivity index (χ1v) is 7.44. The smallest absolute Gasteiger partial charge is 0.228 e. The number of halogens is 1. The van der Waals surface area contributed by atoms with Gasteiger partial charge in [0.2, 0.25) is 5.91 Å². The minimum atomic E-state index is -0.244. The summed E-state index contributed by atoms with van der Waals surface area (Å²) in [7, 11) is 0. The zero-order valence-electron chi connectivity index (χ0n) is 11.6. The lowest BCUT2D eigenvalue weighted by atomic mass is 9.67. The van der Waals surface area contributed by atoms with E-state index in [1.54, 1.807) is 12.1 Å². The van der Waals surface area contributed by atoms with Gasteiger partial charge in [0.1, 0.15) is 5.82 Å². The van der Waals surface area contributed by atoms with Crippen LogP contribution in [0.5, 0.6) is 0 Å².